The van der Waals surface area contributed by atoms with Gasteiger partial charge in [-0.05, 0) is 32.0 Å². The van der Waals surface area contributed by atoms with Gasteiger partial charge in [-0.25, -0.2) is 4.98 Å². The normalized spacial score (nSPS) is 21.3. The third-order valence-electron chi connectivity index (χ3n) is 3.86. The number of aromatic nitrogens is 2. The Morgan fingerprint density at radius 2 is 2.35 bits per heavy atom. The highest BCUT2D eigenvalue weighted by Gasteiger charge is 2.32. The van der Waals surface area contributed by atoms with E-state index in [2.05, 4.69) is 15.3 Å². The number of rotatable bonds is 5. The molecule has 0 spiro atoms. The number of H-pyrrole nitrogens is 1. The molecule has 1 aliphatic rings. The molecule has 1 amide bonds. The first-order valence-electron chi connectivity index (χ1n) is 7.67. The molecule has 0 aliphatic carbocycles. The topological polar surface area (TPSA) is 96.3 Å². The summed E-state index contributed by atoms with van der Waals surface area (Å²) in [6, 6.07) is -0.123. The van der Waals surface area contributed by atoms with E-state index in [1.54, 1.807) is 0 Å². The number of halogens is 1. The van der Waals surface area contributed by atoms with E-state index < -0.39 is 0 Å². The number of likely N-dealkylation sites (tertiary alicyclic amines) is 1. The summed E-state index contributed by atoms with van der Waals surface area (Å²) in [7, 11) is 0. The first kappa shape index (κ1) is 18.0. The predicted octanol–water partition coefficient (Wildman–Crippen LogP) is 1.08. The van der Waals surface area contributed by atoms with Gasteiger partial charge in [0.2, 0.25) is 0 Å². The Hall–Kier alpha value is -1.38. The zero-order chi connectivity index (χ0) is 17.0. The third-order valence-corrected chi connectivity index (χ3v) is 4.44. The van der Waals surface area contributed by atoms with Gasteiger partial charge in [0, 0.05) is 19.7 Å². The number of aromatic amines is 1. The van der Waals surface area contributed by atoms with Crippen LogP contribution in [0.4, 0.5) is 0 Å². The zero-order valence-corrected chi connectivity index (χ0v) is 14.8. The van der Waals surface area contributed by atoms with Crippen LogP contribution in [0.2, 0.25) is 5.15 Å². The summed E-state index contributed by atoms with van der Waals surface area (Å²) in [5.74, 6) is -0.0658. The molecule has 4 N–H and O–H groups in total. The van der Waals surface area contributed by atoms with Crippen LogP contribution < -0.4 is 11.1 Å². The number of hydrogen-bond donors (Lipinski definition) is 3. The van der Waals surface area contributed by atoms with Crippen LogP contribution in [0.25, 0.3) is 0 Å². The monoisotopic (exact) mass is 359 g/mol. The van der Waals surface area contributed by atoms with E-state index in [-0.39, 0.29) is 23.9 Å². The molecular weight excluding hydrogens is 338 g/mol. The molecule has 2 heterocycles. The molecule has 0 aromatic carbocycles. The van der Waals surface area contributed by atoms with E-state index in [4.69, 9.17) is 34.3 Å². The summed E-state index contributed by atoms with van der Waals surface area (Å²) >= 11 is 11.0. The number of hydrogen-bond acceptors (Lipinski definition) is 4. The summed E-state index contributed by atoms with van der Waals surface area (Å²) in [4.78, 5) is 21.3. The molecule has 0 saturated carbocycles. The van der Waals surface area contributed by atoms with E-state index in [0.717, 1.165) is 5.69 Å². The first-order valence-corrected chi connectivity index (χ1v) is 8.46. The molecule has 0 unspecified atom stereocenters. The summed E-state index contributed by atoms with van der Waals surface area (Å²) in [5.41, 5.74) is 6.43. The minimum Gasteiger partial charge on any atom is -0.376 e. The molecule has 0 bridgehead atoms. The lowest BCUT2D eigenvalue weighted by Crippen LogP contribution is -2.57. The summed E-state index contributed by atoms with van der Waals surface area (Å²) < 4.78 is 5.73. The average Bonchev–Trinajstić information content (AvgIpc) is 2.90. The Bertz CT molecular complexity index is 580. The quantitative estimate of drug-likeness (QED) is 0.681. The first-order chi connectivity index (χ1) is 11.0. The number of carbonyl (C=O) groups excluding carboxylic acids is 1. The fourth-order valence-corrected chi connectivity index (χ4v) is 3.06. The van der Waals surface area contributed by atoms with Crippen molar-refractivity contribution in [1.82, 2.24) is 20.2 Å². The van der Waals surface area contributed by atoms with Gasteiger partial charge in [-0.2, -0.15) is 0 Å². The number of amides is 1. The maximum absolute atomic E-state index is 12.4. The maximum atomic E-state index is 12.4. The van der Waals surface area contributed by atoms with Gasteiger partial charge in [-0.1, -0.05) is 18.5 Å². The smallest absolute Gasteiger partial charge is 0.287 e. The highest BCUT2D eigenvalue weighted by atomic mass is 35.5. The number of ether oxygens (including phenoxy) is 1. The largest absolute Gasteiger partial charge is 0.376 e. The van der Waals surface area contributed by atoms with Gasteiger partial charge < -0.3 is 25.7 Å². The minimum absolute atomic E-state index is 0.123. The van der Waals surface area contributed by atoms with E-state index in [0.29, 0.717) is 42.8 Å². The predicted molar refractivity (Wildman–Crippen MR) is 92.6 cm³/mol. The Balaban J connectivity index is 2.04. The van der Waals surface area contributed by atoms with Gasteiger partial charge in [0.05, 0.1) is 17.8 Å². The van der Waals surface area contributed by atoms with Crippen LogP contribution in [0.3, 0.4) is 0 Å². The van der Waals surface area contributed by atoms with Crippen molar-refractivity contribution in [3.8, 4) is 0 Å². The highest BCUT2D eigenvalue weighted by Crippen LogP contribution is 2.16. The van der Waals surface area contributed by atoms with Crippen molar-refractivity contribution < 1.29 is 9.53 Å². The van der Waals surface area contributed by atoms with Crippen molar-refractivity contribution >= 4 is 34.8 Å². The Kier molecular flexibility index (Phi) is 6.20. The standard InChI is InChI=1S/C14H22ClN5O2S/c1-3-8-11(15)19-12(17-8)13(21)18-9-5-6-20(14(16)23)7-10(9)22-4-2/h9-10H,3-7H2,1-2H3,(H2,16,23)(H,17,19)(H,18,21)/t9-,10+/m0/s1. The third kappa shape index (κ3) is 4.33. The van der Waals surface area contributed by atoms with Crippen molar-refractivity contribution in [1.29, 1.82) is 0 Å². The number of nitrogens with one attached hydrogen (secondary N) is 2. The molecule has 1 fully saturated rings. The van der Waals surface area contributed by atoms with E-state index in [9.17, 15) is 4.79 Å². The van der Waals surface area contributed by atoms with Gasteiger partial charge >= 0.3 is 0 Å². The summed E-state index contributed by atoms with van der Waals surface area (Å²) in [6.07, 6.45) is 1.21. The van der Waals surface area contributed by atoms with Gasteiger partial charge in [0.1, 0.15) is 0 Å². The Morgan fingerprint density at radius 3 is 2.91 bits per heavy atom. The van der Waals surface area contributed by atoms with Crippen LogP contribution in [0.5, 0.6) is 0 Å². The fourth-order valence-electron chi connectivity index (χ4n) is 2.63. The minimum atomic E-state index is -0.287. The summed E-state index contributed by atoms with van der Waals surface area (Å²) in [6.45, 7) is 5.65. The molecule has 2 rings (SSSR count). The molecule has 2 atom stereocenters. The summed E-state index contributed by atoms with van der Waals surface area (Å²) in [5, 5.41) is 3.65. The van der Waals surface area contributed by atoms with Crippen LogP contribution >= 0.6 is 23.8 Å². The van der Waals surface area contributed by atoms with Crippen LogP contribution in [0, 0.1) is 0 Å². The van der Waals surface area contributed by atoms with Gasteiger partial charge in [-0.3, -0.25) is 4.79 Å². The number of carbonyl (C=O) groups is 1. The van der Waals surface area contributed by atoms with Crippen molar-refractivity contribution in [3.05, 3.63) is 16.7 Å². The van der Waals surface area contributed by atoms with Gasteiger partial charge in [0.25, 0.3) is 5.91 Å². The molecule has 9 heteroatoms. The SMILES string of the molecule is CCO[C@@H]1CN(C(N)=S)CC[C@@H]1NC(=O)c1nc(Cl)c(CC)[nH]1. The van der Waals surface area contributed by atoms with Crippen molar-refractivity contribution in [2.24, 2.45) is 5.73 Å². The molecule has 7 nitrogen and oxygen atoms in total. The second-order valence-electron chi connectivity index (χ2n) is 5.36. The fraction of sp³-hybridized carbons (Fsp3) is 0.643. The number of nitrogens with zero attached hydrogens (tertiary/aromatic N) is 2. The molecule has 1 saturated heterocycles. The number of thiocarbonyl (C=S) groups is 1. The second-order valence-corrected chi connectivity index (χ2v) is 6.13. The lowest BCUT2D eigenvalue weighted by Gasteiger charge is -2.38. The number of aryl methyl sites for hydroxylation is 1. The van der Waals surface area contributed by atoms with Crippen molar-refractivity contribution in [2.75, 3.05) is 19.7 Å². The zero-order valence-electron chi connectivity index (χ0n) is 13.3. The molecule has 1 aromatic rings. The van der Waals surface area contributed by atoms with Gasteiger partial charge in [0.15, 0.2) is 16.1 Å². The number of nitrogens with two attached hydrogens (primary N) is 1. The molecule has 0 radical (unpaired) electrons. The molecule has 1 aliphatic heterocycles. The van der Waals surface area contributed by atoms with Crippen LogP contribution in [-0.4, -0.2) is 57.7 Å². The van der Waals surface area contributed by atoms with Crippen LogP contribution in [-0.2, 0) is 11.2 Å². The second kappa shape index (κ2) is 7.94. The number of imidazole rings is 1. The van der Waals surface area contributed by atoms with Gasteiger partial charge in [-0.15, -0.1) is 0 Å². The van der Waals surface area contributed by atoms with E-state index in [1.165, 1.54) is 0 Å². The lowest BCUT2D eigenvalue weighted by molar-refractivity contribution is 0.000528. The van der Waals surface area contributed by atoms with Crippen LogP contribution in [0.15, 0.2) is 0 Å². The van der Waals surface area contributed by atoms with Crippen molar-refractivity contribution in [3.63, 3.8) is 0 Å². The Morgan fingerprint density at radius 1 is 1.61 bits per heavy atom. The maximum Gasteiger partial charge on any atom is 0.287 e. The number of piperidine rings is 1. The van der Waals surface area contributed by atoms with E-state index in [1.807, 2.05) is 18.7 Å². The lowest BCUT2D eigenvalue weighted by atomic mass is 10.0. The molecule has 128 valence electrons. The molecular formula is C14H22ClN5O2S. The highest BCUT2D eigenvalue weighted by molar-refractivity contribution is 7.80. The Labute approximate surface area is 145 Å². The average molecular weight is 360 g/mol. The van der Waals surface area contributed by atoms with Crippen molar-refractivity contribution in [2.45, 2.75) is 38.8 Å². The van der Waals surface area contributed by atoms with E-state index >= 15 is 0 Å². The van der Waals surface area contributed by atoms with Crippen LogP contribution in [0.1, 0.15) is 36.6 Å². The molecule has 23 heavy (non-hydrogen) atoms. The molecule has 1 aromatic heterocycles.